The molecular formula is C48H28O2. The Morgan fingerprint density at radius 1 is 0.440 bits per heavy atom. The summed E-state index contributed by atoms with van der Waals surface area (Å²) in [5.41, 5.74) is 2.08. The van der Waals surface area contributed by atoms with Gasteiger partial charge in [0.25, 0.3) is 0 Å². The third-order valence-electron chi connectivity index (χ3n) is 9.41. The molecule has 50 heavy (non-hydrogen) atoms. The fourth-order valence-electron chi connectivity index (χ4n) is 7.20. The van der Waals surface area contributed by atoms with Gasteiger partial charge in [0.05, 0.1) is 32.2 Å². The Balaban J connectivity index is 1.31. The number of fused-ring (bicyclic) bond motifs is 9. The summed E-state index contributed by atoms with van der Waals surface area (Å²) in [6.07, 6.45) is 1.67. The third kappa shape index (κ3) is 3.90. The molecule has 0 aliphatic carbocycles. The van der Waals surface area contributed by atoms with Gasteiger partial charge in [-0.05, 0) is 84.0 Å². The lowest BCUT2D eigenvalue weighted by Crippen LogP contribution is -1.91. The Kier molecular flexibility index (Phi) is 3.47. The summed E-state index contributed by atoms with van der Waals surface area (Å²) in [6, 6.07) is 12.5. The lowest BCUT2D eigenvalue weighted by Gasteiger charge is -2.18. The Bertz CT molecular complexity index is 3940. The minimum Gasteiger partial charge on any atom is -0.463 e. The highest BCUT2D eigenvalue weighted by Crippen LogP contribution is 2.48. The van der Waals surface area contributed by atoms with Gasteiger partial charge in [-0.25, -0.2) is 0 Å². The molecular weight excluding hydrogens is 609 g/mol. The molecule has 2 nitrogen and oxygen atoms in total. The molecule has 11 aromatic rings. The topological polar surface area (TPSA) is 26.3 Å². The summed E-state index contributed by atoms with van der Waals surface area (Å²) >= 11 is 0. The molecule has 2 heteroatoms. The molecule has 0 aliphatic heterocycles. The van der Waals surface area contributed by atoms with Gasteiger partial charge in [-0.1, -0.05) is 139 Å². The van der Waals surface area contributed by atoms with Crippen LogP contribution in [-0.4, -0.2) is 0 Å². The Hall–Kier alpha value is -6.64. The molecule has 0 amide bonds. The summed E-state index contributed by atoms with van der Waals surface area (Å²) in [6.45, 7) is 0. The summed E-state index contributed by atoms with van der Waals surface area (Å²) in [5, 5.41) is 2.01. The maximum Gasteiger partial charge on any atom is 0.146 e. The van der Waals surface area contributed by atoms with Gasteiger partial charge in [0.15, 0.2) is 0 Å². The smallest absolute Gasteiger partial charge is 0.146 e. The van der Waals surface area contributed by atoms with Gasteiger partial charge in [0, 0.05) is 27.5 Å². The van der Waals surface area contributed by atoms with Crippen molar-refractivity contribution in [3.8, 4) is 33.4 Å². The number of rotatable bonds is 3. The lowest BCUT2D eigenvalue weighted by atomic mass is 9.85. The van der Waals surface area contributed by atoms with E-state index in [2.05, 4.69) is 6.07 Å². The minimum absolute atomic E-state index is 0.0539. The molecule has 0 N–H and O–H groups in total. The van der Waals surface area contributed by atoms with E-state index in [0.717, 1.165) is 27.3 Å². The van der Waals surface area contributed by atoms with Crippen molar-refractivity contribution >= 4 is 76.0 Å². The second-order valence-electron chi connectivity index (χ2n) is 12.1. The first kappa shape index (κ1) is 16.6. The number of para-hydroxylation sites is 1. The molecule has 0 unspecified atom stereocenters. The second kappa shape index (κ2) is 10.4. The van der Waals surface area contributed by atoms with E-state index in [1.165, 1.54) is 0 Å². The molecule has 0 saturated heterocycles. The molecule has 232 valence electrons. The van der Waals surface area contributed by atoms with E-state index in [-0.39, 0.29) is 38.3 Å². The van der Waals surface area contributed by atoms with E-state index in [9.17, 15) is 8.22 Å². The summed E-state index contributed by atoms with van der Waals surface area (Å²) < 4.78 is 148. The van der Waals surface area contributed by atoms with Crippen LogP contribution in [0.15, 0.2) is 179 Å². The van der Waals surface area contributed by atoms with E-state index >= 15 is 0 Å². The monoisotopic (exact) mass is 651 g/mol. The molecule has 0 bridgehead atoms. The Morgan fingerprint density at radius 3 is 1.96 bits per heavy atom. The maximum absolute atomic E-state index is 9.50. The highest BCUT2D eigenvalue weighted by Gasteiger charge is 2.22. The Morgan fingerprint density at radius 2 is 1.16 bits per heavy atom. The first-order valence-electron chi connectivity index (χ1n) is 23.4. The predicted molar refractivity (Wildman–Crippen MR) is 210 cm³/mol. The highest BCUT2D eigenvalue weighted by molar-refractivity contribution is 6.26. The normalized spacial score (nSPS) is 16.2. The van der Waals surface area contributed by atoms with E-state index in [1.807, 2.05) is 42.5 Å². The molecule has 0 saturated carbocycles. The van der Waals surface area contributed by atoms with E-state index < -0.39 is 113 Å². The quantitative estimate of drug-likeness (QED) is 0.178. The van der Waals surface area contributed by atoms with Gasteiger partial charge in [0.2, 0.25) is 0 Å². The first-order chi connectivity index (χ1) is 31.0. The zero-order chi connectivity index (χ0) is 45.8. The SMILES string of the molecule is [2H]c1c([2H])c([2H])c2c([2H])c(-c3c4c([2H])c([2H])c([2H])c([2H])c4c(-c4cccc5c4oc4ccc6c(-c7ccc8ccccc8c7)coc6c45)c4c([2H])c([2H])c([2H])c([2H])c34)c([2H])c([2H])c2c1[2H]. The van der Waals surface area contributed by atoms with Crippen LogP contribution in [0, 0.1) is 0 Å². The van der Waals surface area contributed by atoms with E-state index in [4.69, 9.17) is 21.2 Å². The van der Waals surface area contributed by atoms with Crippen LogP contribution in [-0.2, 0) is 0 Å². The van der Waals surface area contributed by atoms with Crippen molar-refractivity contribution in [2.45, 2.75) is 0 Å². The zero-order valence-electron chi connectivity index (χ0n) is 40.8. The van der Waals surface area contributed by atoms with Crippen LogP contribution in [0.25, 0.3) is 109 Å². The molecule has 2 heterocycles. The van der Waals surface area contributed by atoms with Gasteiger partial charge in [-0.15, -0.1) is 0 Å². The molecule has 0 atom stereocenters. The summed E-state index contributed by atoms with van der Waals surface area (Å²) in [5.74, 6) is 0. The van der Waals surface area contributed by atoms with Crippen LogP contribution < -0.4 is 0 Å². The van der Waals surface area contributed by atoms with Crippen molar-refractivity contribution in [1.29, 1.82) is 0 Å². The van der Waals surface area contributed by atoms with Gasteiger partial charge in [0.1, 0.15) is 16.7 Å². The van der Waals surface area contributed by atoms with Gasteiger partial charge >= 0.3 is 0 Å². The zero-order valence-corrected chi connectivity index (χ0v) is 25.8. The minimum atomic E-state index is -0.757. The van der Waals surface area contributed by atoms with Crippen molar-refractivity contribution in [3.05, 3.63) is 170 Å². The van der Waals surface area contributed by atoms with E-state index in [1.54, 1.807) is 30.5 Å². The maximum atomic E-state index is 9.50. The van der Waals surface area contributed by atoms with Crippen LogP contribution in [0.1, 0.15) is 20.6 Å². The standard InChI is InChI=1S/C48H28O2/c1-3-12-31-26-33(22-20-29(31)10-1)42-28-49-48-39(42)24-25-43-46(48)41-19-9-18-40(47(41)50-43)45-37-16-7-5-14-35(37)44(36-15-6-8-17-38(36)45)34-23-21-30-11-2-4-13-32(30)27-34/h1-28H/i2D,4D,5D,6D,7D,8D,11D,13D,14D,15D,16D,17D,21D,23D,27D. The van der Waals surface area contributed by atoms with Crippen LogP contribution in [0.5, 0.6) is 0 Å². The summed E-state index contributed by atoms with van der Waals surface area (Å²) in [4.78, 5) is 0. The van der Waals surface area contributed by atoms with Crippen molar-refractivity contribution < 1.29 is 29.4 Å². The van der Waals surface area contributed by atoms with Crippen molar-refractivity contribution in [2.24, 2.45) is 0 Å². The van der Waals surface area contributed by atoms with Crippen LogP contribution >= 0.6 is 0 Å². The lowest BCUT2D eigenvalue weighted by molar-refractivity contribution is 0.619. The van der Waals surface area contributed by atoms with Gasteiger partial charge < -0.3 is 8.83 Å². The fourth-order valence-corrected chi connectivity index (χ4v) is 7.20. The predicted octanol–water partition coefficient (Wildman–Crippen LogP) is 13.9. The molecule has 11 rings (SSSR count). The number of hydrogen-bond acceptors (Lipinski definition) is 2. The van der Waals surface area contributed by atoms with Gasteiger partial charge in [-0.3, -0.25) is 0 Å². The average molecular weight is 652 g/mol. The Labute approximate surface area is 308 Å². The molecule has 0 fully saturated rings. The summed E-state index contributed by atoms with van der Waals surface area (Å²) in [7, 11) is 0. The van der Waals surface area contributed by atoms with Gasteiger partial charge in [-0.2, -0.15) is 0 Å². The van der Waals surface area contributed by atoms with Crippen LogP contribution in [0.2, 0.25) is 0 Å². The second-order valence-corrected chi connectivity index (χ2v) is 12.1. The first-order valence-corrected chi connectivity index (χ1v) is 15.9. The molecule has 0 aliphatic rings. The van der Waals surface area contributed by atoms with Crippen molar-refractivity contribution in [1.82, 2.24) is 0 Å². The largest absolute Gasteiger partial charge is 0.463 e. The number of furan rings is 2. The van der Waals surface area contributed by atoms with Crippen molar-refractivity contribution in [2.75, 3.05) is 0 Å². The fraction of sp³-hybridized carbons (Fsp3) is 0. The highest BCUT2D eigenvalue weighted by atomic mass is 16.3. The van der Waals surface area contributed by atoms with Crippen LogP contribution in [0.4, 0.5) is 0 Å². The molecule has 0 spiro atoms. The molecule has 2 aromatic heterocycles. The third-order valence-corrected chi connectivity index (χ3v) is 9.41. The molecule has 0 radical (unpaired) electrons. The average Bonchev–Trinajstić information content (AvgIpc) is 3.92. The van der Waals surface area contributed by atoms with E-state index in [0.29, 0.717) is 21.9 Å². The van der Waals surface area contributed by atoms with Crippen molar-refractivity contribution in [3.63, 3.8) is 0 Å². The number of benzene rings is 9. The molecule has 9 aromatic carbocycles. The number of hydrogen-bond donors (Lipinski definition) is 0. The van der Waals surface area contributed by atoms with Crippen LogP contribution in [0.3, 0.4) is 0 Å².